The Morgan fingerprint density at radius 1 is 0.964 bits per heavy atom. The van der Waals surface area contributed by atoms with Crippen molar-refractivity contribution in [3.63, 3.8) is 0 Å². The zero-order valence-corrected chi connectivity index (χ0v) is 15.6. The summed E-state index contributed by atoms with van der Waals surface area (Å²) in [5, 5.41) is 53.7. The van der Waals surface area contributed by atoms with Crippen LogP contribution >= 0.6 is 0 Å². The van der Waals surface area contributed by atoms with E-state index in [1.807, 2.05) is 0 Å². The lowest BCUT2D eigenvalue weighted by Gasteiger charge is -2.40. The van der Waals surface area contributed by atoms with Gasteiger partial charge in [0, 0.05) is 12.8 Å². The molecule has 5 N–H and O–H groups in total. The van der Waals surface area contributed by atoms with Gasteiger partial charge in [-0.15, -0.1) is 0 Å². The summed E-state index contributed by atoms with van der Waals surface area (Å²) >= 11 is 0. The molecule has 4 aliphatic rings. The topological polar surface area (TPSA) is 160 Å². The van der Waals surface area contributed by atoms with Crippen LogP contribution in [0.25, 0.3) is 0 Å². The molecule has 0 aromatic rings. The zero-order valence-electron chi connectivity index (χ0n) is 15.6. The highest BCUT2D eigenvalue weighted by molar-refractivity contribution is 5.90. The predicted molar refractivity (Wildman–Crippen MR) is 90.0 cm³/mol. The van der Waals surface area contributed by atoms with Crippen LogP contribution in [0.2, 0.25) is 0 Å². The molecule has 0 saturated carbocycles. The van der Waals surface area contributed by atoms with Gasteiger partial charge in [-0.3, -0.25) is 0 Å². The maximum atomic E-state index is 10.5. The minimum atomic E-state index is -1.44. The smallest absolute Gasteiger partial charge is 0.190 e. The molecule has 0 amide bonds. The third kappa shape index (κ3) is 3.55. The second-order valence-corrected chi connectivity index (χ2v) is 8.13. The first kappa shape index (κ1) is 20.4. The summed E-state index contributed by atoms with van der Waals surface area (Å²) in [7, 11) is 0. The lowest BCUT2D eigenvalue weighted by atomic mass is 9.91. The molecule has 4 rings (SSSR count). The second kappa shape index (κ2) is 7.42. The minimum Gasteiger partial charge on any atom is -0.394 e. The number of rotatable bonds is 4. The van der Waals surface area contributed by atoms with E-state index in [1.54, 1.807) is 13.8 Å². The first-order chi connectivity index (χ1) is 13.2. The highest BCUT2D eigenvalue weighted by Gasteiger charge is 2.56. The van der Waals surface area contributed by atoms with Crippen molar-refractivity contribution in [2.24, 2.45) is 5.16 Å². The molecule has 10 atom stereocenters. The van der Waals surface area contributed by atoms with E-state index in [2.05, 4.69) is 5.16 Å². The van der Waals surface area contributed by atoms with Gasteiger partial charge in [-0.25, -0.2) is 0 Å². The van der Waals surface area contributed by atoms with Crippen LogP contribution in [0, 0.1) is 0 Å². The van der Waals surface area contributed by atoms with E-state index in [-0.39, 0.29) is 6.42 Å². The Morgan fingerprint density at radius 2 is 1.68 bits per heavy atom. The van der Waals surface area contributed by atoms with E-state index in [4.69, 9.17) is 23.8 Å². The number of hydrogen-bond acceptors (Lipinski definition) is 11. The minimum absolute atomic E-state index is 0.171. The molecule has 0 spiro atoms. The fourth-order valence-corrected chi connectivity index (χ4v) is 4.14. The van der Waals surface area contributed by atoms with Gasteiger partial charge in [0.2, 0.25) is 0 Å². The van der Waals surface area contributed by atoms with E-state index < -0.39 is 73.6 Å². The van der Waals surface area contributed by atoms with Gasteiger partial charge in [0.15, 0.2) is 12.1 Å². The SMILES string of the molecule is CC1(C)O[C@H]2O[C@H](C3=NO[C@H](C[C@H]4O[C@H](CO)[C@@H](O)[C@H](O)[C@@H]4O)C3)[C@H](O)[C@H]2O1. The Hall–Kier alpha value is -0.890. The van der Waals surface area contributed by atoms with Crippen molar-refractivity contribution in [2.45, 2.75) is 93.7 Å². The van der Waals surface area contributed by atoms with Crippen molar-refractivity contribution in [2.75, 3.05) is 6.61 Å². The van der Waals surface area contributed by atoms with Crippen molar-refractivity contribution in [3.8, 4) is 0 Å². The van der Waals surface area contributed by atoms with Crippen molar-refractivity contribution in [1.82, 2.24) is 0 Å². The molecule has 11 nitrogen and oxygen atoms in total. The van der Waals surface area contributed by atoms with Gasteiger partial charge in [-0.05, 0) is 13.8 Å². The summed E-state index contributed by atoms with van der Waals surface area (Å²) in [6, 6.07) is 0. The maximum Gasteiger partial charge on any atom is 0.190 e. The summed E-state index contributed by atoms with van der Waals surface area (Å²) in [4.78, 5) is 5.39. The van der Waals surface area contributed by atoms with Crippen LogP contribution in [0.4, 0.5) is 0 Å². The van der Waals surface area contributed by atoms with E-state index in [0.717, 1.165) is 0 Å². The number of ether oxygens (including phenoxy) is 4. The molecule has 3 saturated heterocycles. The van der Waals surface area contributed by atoms with Gasteiger partial charge in [0.25, 0.3) is 0 Å². The monoisotopic (exact) mass is 405 g/mol. The molecule has 0 aromatic heterocycles. The van der Waals surface area contributed by atoms with E-state index >= 15 is 0 Å². The summed E-state index contributed by atoms with van der Waals surface area (Å²) in [6.45, 7) is 2.99. The van der Waals surface area contributed by atoms with Crippen LogP contribution in [0.1, 0.15) is 26.7 Å². The zero-order chi connectivity index (χ0) is 20.2. The molecule has 0 aliphatic carbocycles. The van der Waals surface area contributed by atoms with Gasteiger partial charge in [0.05, 0.1) is 18.4 Å². The number of nitrogens with zero attached hydrogens (tertiary/aromatic N) is 1. The number of aliphatic hydroxyl groups is 5. The largest absolute Gasteiger partial charge is 0.394 e. The molecule has 0 unspecified atom stereocenters. The molecule has 0 radical (unpaired) electrons. The predicted octanol–water partition coefficient (Wildman–Crippen LogP) is -2.40. The number of oxime groups is 1. The van der Waals surface area contributed by atoms with Crippen LogP contribution in [0.15, 0.2) is 5.16 Å². The molecule has 4 aliphatic heterocycles. The molecule has 28 heavy (non-hydrogen) atoms. The standard InChI is InChI=1S/C17H27NO10/c1-17(2)26-15-13(23)14(25-16(15)27-17)7-3-6(28-18-7)4-8-10(20)12(22)11(21)9(5-19)24-8/h6,8-16,19-23H,3-5H2,1-2H3/t6-,8+,9+,10+,11+,12+,13-,14+,15+,16+/m0/s1. The average molecular weight is 405 g/mol. The molecular formula is C17H27NO10. The summed E-state index contributed by atoms with van der Waals surface area (Å²) in [5.74, 6) is -0.832. The van der Waals surface area contributed by atoms with Crippen molar-refractivity contribution in [1.29, 1.82) is 0 Å². The van der Waals surface area contributed by atoms with Crippen LogP contribution in [-0.4, -0.2) is 105 Å². The Labute approximate surface area is 161 Å². The highest BCUT2D eigenvalue weighted by atomic mass is 16.8. The van der Waals surface area contributed by atoms with Crippen LogP contribution in [-0.2, 0) is 23.8 Å². The lowest BCUT2D eigenvalue weighted by Crippen LogP contribution is -2.59. The third-order valence-electron chi connectivity index (χ3n) is 5.59. The summed E-state index contributed by atoms with van der Waals surface area (Å²) < 4.78 is 22.5. The molecule has 11 heteroatoms. The Morgan fingerprint density at radius 3 is 2.36 bits per heavy atom. The van der Waals surface area contributed by atoms with Gasteiger partial charge >= 0.3 is 0 Å². The average Bonchev–Trinajstić information content (AvgIpc) is 3.30. The van der Waals surface area contributed by atoms with Crippen molar-refractivity contribution >= 4 is 5.71 Å². The third-order valence-corrected chi connectivity index (χ3v) is 5.59. The molecule has 160 valence electrons. The van der Waals surface area contributed by atoms with Gasteiger partial charge in [0.1, 0.15) is 48.8 Å². The molecule has 0 aromatic carbocycles. The quantitative estimate of drug-likeness (QED) is 0.341. The number of hydrogen-bond donors (Lipinski definition) is 5. The molecular weight excluding hydrogens is 378 g/mol. The fraction of sp³-hybridized carbons (Fsp3) is 0.941. The Bertz CT molecular complexity index is 613. The van der Waals surface area contributed by atoms with E-state index in [9.17, 15) is 25.5 Å². The van der Waals surface area contributed by atoms with Crippen molar-refractivity contribution in [3.05, 3.63) is 0 Å². The normalized spacial score (nSPS) is 50.3. The van der Waals surface area contributed by atoms with Crippen molar-refractivity contribution < 1.29 is 49.3 Å². The molecule has 0 bridgehead atoms. The highest BCUT2D eigenvalue weighted by Crippen LogP contribution is 2.39. The lowest BCUT2D eigenvalue weighted by molar-refractivity contribution is -0.234. The first-order valence-corrected chi connectivity index (χ1v) is 9.42. The van der Waals surface area contributed by atoms with E-state index in [1.165, 1.54) is 0 Å². The number of fused-ring (bicyclic) bond motifs is 1. The molecule has 4 heterocycles. The number of aliphatic hydroxyl groups excluding tert-OH is 5. The second-order valence-electron chi connectivity index (χ2n) is 8.13. The maximum absolute atomic E-state index is 10.5. The first-order valence-electron chi connectivity index (χ1n) is 9.42. The van der Waals surface area contributed by atoms with E-state index in [0.29, 0.717) is 12.1 Å². The van der Waals surface area contributed by atoms with Crippen LogP contribution in [0.3, 0.4) is 0 Å². The Kier molecular flexibility index (Phi) is 5.40. The summed E-state index contributed by atoms with van der Waals surface area (Å²) in [5.41, 5.74) is 0.487. The Balaban J connectivity index is 1.34. The van der Waals surface area contributed by atoms with Gasteiger partial charge in [-0.2, -0.15) is 0 Å². The van der Waals surface area contributed by atoms with Crippen LogP contribution in [0.5, 0.6) is 0 Å². The molecule has 3 fully saturated rings. The van der Waals surface area contributed by atoms with Gasteiger partial charge < -0.3 is 49.3 Å². The van der Waals surface area contributed by atoms with Gasteiger partial charge in [-0.1, -0.05) is 5.16 Å². The van der Waals surface area contributed by atoms with Crippen LogP contribution < -0.4 is 0 Å². The fourth-order valence-electron chi connectivity index (χ4n) is 4.14. The summed E-state index contributed by atoms with van der Waals surface area (Å²) in [6.07, 6.45) is -8.98.